The van der Waals surface area contributed by atoms with Crippen molar-refractivity contribution in [1.29, 1.82) is 0 Å². The maximum absolute atomic E-state index is 11.0. The van der Waals surface area contributed by atoms with E-state index >= 15 is 0 Å². The van der Waals surface area contributed by atoms with Gasteiger partial charge < -0.3 is 11.1 Å². The lowest BCUT2D eigenvalue weighted by molar-refractivity contribution is -0.119. The minimum atomic E-state index is 0.166. The van der Waals surface area contributed by atoms with Gasteiger partial charge in [0.15, 0.2) is 0 Å². The van der Waals surface area contributed by atoms with E-state index in [2.05, 4.69) is 5.32 Å². The molecular formula is C11H14N2O. The third-order valence-corrected chi connectivity index (χ3v) is 2.52. The highest BCUT2D eigenvalue weighted by atomic mass is 16.1. The van der Waals surface area contributed by atoms with E-state index in [1.54, 1.807) is 0 Å². The molecule has 3 nitrogen and oxygen atoms in total. The van der Waals surface area contributed by atoms with Crippen LogP contribution in [-0.2, 0) is 11.2 Å². The molecule has 0 bridgehead atoms. The normalized spacial score (nSPS) is 20.9. The lowest BCUT2D eigenvalue weighted by Crippen LogP contribution is -2.27. The van der Waals surface area contributed by atoms with E-state index < -0.39 is 0 Å². The first-order chi connectivity index (χ1) is 6.74. The van der Waals surface area contributed by atoms with Crippen molar-refractivity contribution in [2.24, 2.45) is 0 Å². The number of hydrogen-bond acceptors (Lipinski definition) is 2. The molecule has 1 heterocycles. The predicted octanol–water partition coefficient (Wildman–Crippen LogP) is 1.09. The van der Waals surface area contributed by atoms with Gasteiger partial charge >= 0.3 is 0 Å². The summed E-state index contributed by atoms with van der Waals surface area (Å²) in [5.74, 6) is 0.166. The summed E-state index contributed by atoms with van der Waals surface area (Å²) in [4.78, 5) is 11.0. The van der Waals surface area contributed by atoms with Crippen LogP contribution in [-0.4, -0.2) is 11.9 Å². The number of rotatable bonds is 2. The fourth-order valence-electron chi connectivity index (χ4n) is 1.84. The number of hydrogen-bond donors (Lipinski definition) is 2. The molecule has 1 fully saturated rings. The van der Waals surface area contributed by atoms with Gasteiger partial charge in [-0.15, -0.1) is 0 Å². The number of carbonyl (C=O) groups excluding carboxylic acids is 1. The van der Waals surface area contributed by atoms with Crippen molar-refractivity contribution in [3.05, 3.63) is 29.8 Å². The standard InChI is InChI=1S/C11H14N2O/c12-9-3-1-2-8(6-9)7-10-4-5-11(14)13-10/h1-3,6,10H,4-5,7,12H2,(H,13,14). The molecule has 0 radical (unpaired) electrons. The molecule has 1 unspecified atom stereocenters. The molecule has 0 aliphatic carbocycles. The van der Waals surface area contributed by atoms with Crippen LogP contribution in [0.5, 0.6) is 0 Å². The van der Waals surface area contributed by atoms with Crippen molar-refractivity contribution >= 4 is 11.6 Å². The van der Waals surface area contributed by atoms with Crippen LogP contribution in [0.2, 0.25) is 0 Å². The summed E-state index contributed by atoms with van der Waals surface area (Å²) in [5, 5.41) is 2.94. The number of nitrogens with two attached hydrogens (primary N) is 1. The number of amides is 1. The quantitative estimate of drug-likeness (QED) is 0.686. The largest absolute Gasteiger partial charge is 0.399 e. The molecular weight excluding hydrogens is 176 g/mol. The highest BCUT2D eigenvalue weighted by Crippen LogP contribution is 2.14. The van der Waals surface area contributed by atoms with Crippen molar-refractivity contribution in [1.82, 2.24) is 5.32 Å². The van der Waals surface area contributed by atoms with E-state index in [9.17, 15) is 4.79 Å². The average molecular weight is 190 g/mol. The predicted molar refractivity (Wildman–Crippen MR) is 55.7 cm³/mol. The monoisotopic (exact) mass is 190 g/mol. The van der Waals surface area contributed by atoms with Gasteiger partial charge in [-0.3, -0.25) is 4.79 Å². The Balaban J connectivity index is 2.00. The van der Waals surface area contributed by atoms with Crippen LogP contribution in [0.1, 0.15) is 18.4 Å². The zero-order valence-corrected chi connectivity index (χ0v) is 7.99. The van der Waals surface area contributed by atoms with Crippen molar-refractivity contribution < 1.29 is 4.79 Å². The average Bonchev–Trinajstić information content (AvgIpc) is 2.51. The molecule has 0 saturated carbocycles. The van der Waals surface area contributed by atoms with Crippen LogP contribution >= 0.6 is 0 Å². The minimum absolute atomic E-state index is 0.166. The fraction of sp³-hybridized carbons (Fsp3) is 0.364. The molecule has 1 saturated heterocycles. The lowest BCUT2D eigenvalue weighted by atomic mass is 10.0. The number of benzene rings is 1. The maximum Gasteiger partial charge on any atom is 0.220 e. The number of nitrogen functional groups attached to an aromatic ring is 1. The van der Waals surface area contributed by atoms with Crippen molar-refractivity contribution in [2.45, 2.75) is 25.3 Å². The van der Waals surface area contributed by atoms with E-state index in [0.29, 0.717) is 12.5 Å². The van der Waals surface area contributed by atoms with Crippen LogP contribution < -0.4 is 11.1 Å². The molecule has 1 aromatic rings. The molecule has 1 aliphatic heterocycles. The molecule has 1 amide bonds. The van der Waals surface area contributed by atoms with E-state index in [0.717, 1.165) is 18.5 Å². The molecule has 2 rings (SSSR count). The number of carbonyl (C=O) groups is 1. The maximum atomic E-state index is 11.0. The highest BCUT2D eigenvalue weighted by Gasteiger charge is 2.20. The van der Waals surface area contributed by atoms with Gasteiger partial charge in [0, 0.05) is 18.2 Å². The van der Waals surface area contributed by atoms with Gasteiger partial charge in [-0.25, -0.2) is 0 Å². The summed E-state index contributed by atoms with van der Waals surface area (Å²) in [7, 11) is 0. The summed E-state index contributed by atoms with van der Waals surface area (Å²) in [6.45, 7) is 0. The van der Waals surface area contributed by atoms with Crippen molar-refractivity contribution in [2.75, 3.05) is 5.73 Å². The Bertz CT molecular complexity index is 349. The Labute approximate surface area is 83.3 Å². The first-order valence-corrected chi connectivity index (χ1v) is 4.88. The molecule has 0 spiro atoms. The summed E-state index contributed by atoms with van der Waals surface area (Å²) in [5.41, 5.74) is 7.65. The van der Waals surface area contributed by atoms with Crippen LogP contribution in [0.3, 0.4) is 0 Å². The van der Waals surface area contributed by atoms with Gasteiger partial charge in [-0.2, -0.15) is 0 Å². The van der Waals surface area contributed by atoms with Gasteiger partial charge in [0.2, 0.25) is 5.91 Å². The molecule has 1 aliphatic rings. The Kier molecular flexibility index (Phi) is 2.39. The number of nitrogens with one attached hydrogen (secondary N) is 1. The first-order valence-electron chi connectivity index (χ1n) is 4.88. The summed E-state index contributed by atoms with van der Waals surface area (Å²) >= 11 is 0. The zero-order chi connectivity index (χ0) is 9.97. The summed E-state index contributed by atoms with van der Waals surface area (Å²) < 4.78 is 0. The van der Waals surface area contributed by atoms with Gasteiger partial charge in [-0.1, -0.05) is 12.1 Å². The van der Waals surface area contributed by atoms with E-state index in [-0.39, 0.29) is 5.91 Å². The molecule has 1 atom stereocenters. The molecule has 0 aromatic heterocycles. The van der Waals surface area contributed by atoms with Crippen LogP contribution in [0.15, 0.2) is 24.3 Å². The smallest absolute Gasteiger partial charge is 0.220 e. The van der Waals surface area contributed by atoms with Gasteiger partial charge in [0.1, 0.15) is 0 Å². The lowest BCUT2D eigenvalue weighted by Gasteiger charge is -2.09. The van der Waals surface area contributed by atoms with Crippen LogP contribution in [0, 0.1) is 0 Å². The Morgan fingerprint density at radius 1 is 1.50 bits per heavy atom. The molecule has 14 heavy (non-hydrogen) atoms. The molecule has 1 aromatic carbocycles. The van der Waals surface area contributed by atoms with Crippen molar-refractivity contribution in [3.63, 3.8) is 0 Å². The topological polar surface area (TPSA) is 55.1 Å². The molecule has 74 valence electrons. The Hall–Kier alpha value is -1.51. The van der Waals surface area contributed by atoms with E-state index in [1.165, 1.54) is 5.56 Å². The summed E-state index contributed by atoms with van der Waals surface area (Å²) in [6.07, 6.45) is 2.48. The second-order valence-electron chi connectivity index (χ2n) is 3.75. The van der Waals surface area contributed by atoms with Crippen LogP contribution in [0.25, 0.3) is 0 Å². The molecule has 3 heteroatoms. The Morgan fingerprint density at radius 3 is 3.00 bits per heavy atom. The SMILES string of the molecule is Nc1cccc(CC2CCC(=O)N2)c1. The van der Waals surface area contributed by atoms with Gasteiger partial charge in [-0.05, 0) is 30.5 Å². The summed E-state index contributed by atoms with van der Waals surface area (Å²) in [6, 6.07) is 8.12. The van der Waals surface area contributed by atoms with E-state index in [1.807, 2.05) is 24.3 Å². The second-order valence-corrected chi connectivity index (χ2v) is 3.75. The minimum Gasteiger partial charge on any atom is -0.399 e. The molecule has 3 N–H and O–H groups in total. The zero-order valence-electron chi connectivity index (χ0n) is 7.99. The third kappa shape index (κ3) is 2.05. The highest BCUT2D eigenvalue weighted by molar-refractivity contribution is 5.78. The van der Waals surface area contributed by atoms with Crippen LogP contribution in [0.4, 0.5) is 5.69 Å². The van der Waals surface area contributed by atoms with Gasteiger partial charge in [0.05, 0.1) is 0 Å². The Morgan fingerprint density at radius 2 is 2.36 bits per heavy atom. The second kappa shape index (κ2) is 3.70. The first kappa shape index (κ1) is 9.06. The fourth-order valence-corrected chi connectivity index (χ4v) is 1.84. The third-order valence-electron chi connectivity index (χ3n) is 2.52. The van der Waals surface area contributed by atoms with Crippen molar-refractivity contribution in [3.8, 4) is 0 Å². The number of anilines is 1. The van der Waals surface area contributed by atoms with E-state index in [4.69, 9.17) is 5.73 Å². The van der Waals surface area contributed by atoms with Gasteiger partial charge in [0.25, 0.3) is 0 Å².